The number of fused-ring (bicyclic) bond motifs is 9. The van der Waals surface area contributed by atoms with E-state index in [4.69, 9.17) is 0 Å². The molecule has 0 spiro atoms. The summed E-state index contributed by atoms with van der Waals surface area (Å²) < 4.78 is 0. The molecular weight excluding hydrogens is 721 g/mol. The highest BCUT2D eigenvalue weighted by Gasteiger charge is 2.30. The smallest absolute Gasteiger partial charge is 0.000762 e. The van der Waals surface area contributed by atoms with Gasteiger partial charge in [0.15, 0.2) is 0 Å². The van der Waals surface area contributed by atoms with Crippen molar-refractivity contribution < 1.29 is 0 Å². The Balaban J connectivity index is 1.24. The SMILES string of the molecule is c1ccc(-c2c3ccccc3c(-c3ccccc3)c3cc4c(cc23)-c2cc(-c3cccc5ccccc35)cc3c2c-4c(-c2ccc4ccccc4c2)c2ccccc23)cc1. The van der Waals surface area contributed by atoms with Gasteiger partial charge in [0.25, 0.3) is 0 Å². The van der Waals surface area contributed by atoms with Crippen molar-refractivity contribution in [3.8, 4) is 66.8 Å². The van der Waals surface area contributed by atoms with Crippen LogP contribution in [0.15, 0.2) is 218 Å². The zero-order valence-electron chi connectivity index (χ0n) is 32.8. The van der Waals surface area contributed by atoms with E-state index in [1.807, 2.05) is 0 Å². The van der Waals surface area contributed by atoms with Gasteiger partial charge in [0.1, 0.15) is 0 Å². The molecule has 0 aromatic heterocycles. The van der Waals surface area contributed by atoms with Crippen molar-refractivity contribution in [3.05, 3.63) is 218 Å². The Morgan fingerprint density at radius 3 is 1.40 bits per heavy atom. The van der Waals surface area contributed by atoms with Gasteiger partial charge in [-0.05, 0) is 162 Å². The van der Waals surface area contributed by atoms with Crippen molar-refractivity contribution in [3.63, 3.8) is 0 Å². The average Bonchev–Trinajstić information content (AvgIpc) is 3.63. The fourth-order valence-electron chi connectivity index (χ4n) is 10.6. The van der Waals surface area contributed by atoms with E-state index >= 15 is 0 Å². The molecule has 1 aliphatic rings. The van der Waals surface area contributed by atoms with Crippen LogP contribution < -0.4 is 0 Å². The van der Waals surface area contributed by atoms with Crippen molar-refractivity contribution in [1.82, 2.24) is 0 Å². The second-order valence-electron chi connectivity index (χ2n) is 16.3. The molecule has 60 heavy (non-hydrogen) atoms. The van der Waals surface area contributed by atoms with Crippen molar-refractivity contribution >= 4 is 64.6 Å². The molecule has 0 atom stereocenters. The van der Waals surface area contributed by atoms with Gasteiger partial charge in [-0.1, -0.05) is 188 Å². The molecule has 0 aliphatic heterocycles. The first-order valence-corrected chi connectivity index (χ1v) is 20.9. The first kappa shape index (κ1) is 33.2. The zero-order chi connectivity index (χ0) is 39.3. The van der Waals surface area contributed by atoms with E-state index in [-0.39, 0.29) is 0 Å². The Morgan fingerprint density at radius 1 is 0.183 bits per heavy atom. The Bertz CT molecular complexity index is 3740. The minimum atomic E-state index is 1.23. The first-order chi connectivity index (χ1) is 29.8. The van der Waals surface area contributed by atoms with E-state index < -0.39 is 0 Å². The average molecular weight is 757 g/mol. The quantitative estimate of drug-likeness (QED) is 0.124. The molecule has 0 amide bonds. The number of hydrogen-bond donors (Lipinski definition) is 0. The van der Waals surface area contributed by atoms with Crippen LogP contribution in [0.3, 0.4) is 0 Å². The summed E-state index contributed by atoms with van der Waals surface area (Å²) in [6.45, 7) is 0. The van der Waals surface area contributed by atoms with Gasteiger partial charge in [-0.15, -0.1) is 0 Å². The highest BCUT2D eigenvalue weighted by atomic mass is 14.3. The summed E-state index contributed by atoms with van der Waals surface area (Å²) in [4.78, 5) is 0. The minimum absolute atomic E-state index is 1.23. The van der Waals surface area contributed by atoms with E-state index in [0.29, 0.717) is 0 Å². The molecule has 0 heteroatoms. The van der Waals surface area contributed by atoms with Crippen LogP contribution in [0.2, 0.25) is 0 Å². The third kappa shape index (κ3) is 4.79. The Kier molecular flexibility index (Phi) is 7.11. The molecule has 0 saturated carbocycles. The molecule has 0 N–H and O–H groups in total. The summed E-state index contributed by atoms with van der Waals surface area (Å²) in [5.74, 6) is 0. The van der Waals surface area contributed by atoms with Gasteiger partial charge >= 0.3 is 0 Å². The Hall–Kier alpha value is -7.80. The van der Waals surface area contributed by atoms with Gasteiger partial charge in [-0.2, -0.15) is 0 Å². The van der Waals surface area contributed by atoms with Crippen molar-refractivity contribution in [2.75, 3.05) is 0 Å². The Labute approximate surface area is 348 Å². The second-order valence-corrected chi connectivity index (χ2v) is 16.3. The normalized spacial score (nSPS) is 12.0. The fraction of sp³-hybridized carbons (Fsp3) is 0. The second kappa shape index (κ2) is 12.9. The zero-order valence-corrected chi connectivity index (χ0v) is 32.8. The fourth-order valence-corrected chi connectivity index (χ4v) is 10.6. The summed E-state index contributed by atoms with van der Waals surface area (Å²) >= 11 is 0. The molecule has 13 rings (SSSR count). The van der Waals surface area contributed by atoms with Crippen LogP contribution in [-0.4, -0.2) is 0 Å². The lowest BCUT2D eigenvalue weighted by atomic mass is 9.83. The van der Waals surface area contributed by atoms with Crippen LogP contribution in [0.4, 0.5) is 0 Å². The van der Waals surface area contributed by atoms with Crippen molar-refractivity contribution in [2.45, 2.75) is 0 Å². The lowest BCUT2D eigenvalue weighted by molar-refractivity contribution is 1.65. The molecule has 0 heterocycles. The van der Waals surface area contributed by atoms with Crippen LogP contribution in [0.25, 0.3) is 131 Å². The molecule has 0 radical (unpaired) electrons. The number of rotatable bonds is 4. The molecule has 0 saturated heterocycles. The predicted octanol–water partition coefficient (Wildman–Crippen LogP) is 16.9. The maximum atomic E-state index is 2.55. The van der Waals surface area contributed by atoms with Crippen molar-refractivity contribution in [2.24, 2.45) is 0 Å². The third-order valence-corrected chi connectivity index (χ3v) is 13.1. The van der Waals surface area contributed by atoms with E-state index in [2.05, 4.69) is 218 Å². The molecular formula is C60H36. The Morgan fingerprint density at radius 2 is 0.717 bits per heavy atom. The summed E-state index contributed by atoms with van der Waals surface area (Å²) in [6.07, 6.45) is 0. The lowest BCUT2D eigenvalue weighted by Crippen LogP contribution is -1.93. The minimum Gasteiger partial charge on any atom is -0.0622 e. The molecule has 0 bridgehead atoms. The maximum Gasteiger partial charge on any atom is -0.000762 e. The molecule has 276 valence electrons. The van der Waals surface area contributed by atoms with Crippen LogP contribution >= 0.6 is 0 Å². The van der Waals surface area contributed by atoms with Crippen LogP contribution in [0.1, 0.15) is 0 Å². The molecule has 1 aliphatic carbocycles. The number of hydrogen-bond acceptors (Lipinski definition) is 0. The standard InChI is InChI=1S/C60H36/c1-3-18-39(19-4-1)56-48-27-13-14-28-49(48)57(40-20-5-2-6-21-40)55-36-53-50(35-54(55)56)52-34-43(45-29-15-23-38-17-9-10-24-44(38)45)33-51-46-25-11-12-26-47(46)58(60(53)59(51)52)42-31-30-37-16-7-8-22-41(37)32-42/h1-36H. The summed E-state index contributed by atoms with van der Waals surface area (Å²) in [6, 6.07) is 81.5. The summed E-state index contributed by atoms with van der Waals surface area (Å²) in [7, 11) is 0. The van der Waals surface area contributed by atoms with E-state index in [1.165, 1.54) is 131 Å². The molecule has 0 unspecified atom stereocenters. The van der Waals surface area contributed by atoms with Crippen molar-refractivity contribution in [1.29, 1.82) is 0 Å². The summed E-state index contributed by atoms with van der Waals surface area (Å²) in [5, 5.41) is 15.3. The highest BCUT2D eigenvalue weighted by Crippen LogP contribution is 2.58. The van der Waals surface area contributed by atoms with Gasteiger partial charge in [0.2, 0.25) is 0 Å². The lowest BCUT2D eigenvalue weighted by Gasteiger charge is -2.20. The molecule has 12 aromatic rings. The highest BCUT2D eigenvalue weighted by molar-refractivity contribution is 6.32. The number of benzene rings is 12. The molecule has 0 nitrogen and oxygen atoms in total. The monoisotopic (exact) mass is 756 g/mol. The van der Waals surface area contributed by atoms with E-state index in [1.54, 1.807) is 0 Å². The predicted molar refractivity (Wildman–Crippen MR) is 258 cm³/mol. The molecule has 12 aromatic carbocycles. The van der Waals surface area contributed by atoms with Gasteiger partial charge < -0.3 is 0 Å². The maximum absolute atomic E-state index is 2.55. The van der Waals surface area contributed by atoms with Crippen LogP contribution in [0.5, 0.6) is 0 Å². The van der Waals surface area contributed by atoms with E-state index in [9.17, 15) is 0 Å². The van der Waals surface area contributed by atoms with Gasteiger partial charge in [-0.25, -0.2) is 0 Å². The topological polar surface area (TPSA) is 0 Å². The first-order valence-electron chi connectivity index (χ1n) is 20.9. The molecule has 0 fully saturated rings. The van der Waals surface area contributed by atoms with Gasteiger partial charge in [-0.3, -0.25) is 0 Å². The van der Waals surface area contributed by atoms with Crippen LogP contribution in [0, 0.1) is 0 Å². The van der Waals surface area contributed by atoms with Gasteiger partial charge in [0.05, 0.1) is 0 Å². The largest absolute Gasteiger partial charge is 0.0622 e. The third-order valence-electron chi connectivity index (χ3n) is 13.1. The van der Waals surface area contributed by atoms with E-state index in [0.717, 1.165) is 0 Å². The van der Waals surface area contributed by atoms with Crippen LogP contribution in [-0.2, 0) is 0 Å². The summed E-state index contributed by atoms with van der Waals surface area (Å²) in [5.41, 5.74) is 15.2. The van der Waals surface area contributed by atoms with Gasteiger partial charge in [0, 0.05) is 0 Å².